The van der Waals surface area contributed by atoms with Gasteiger partial charge in [0, 0.05) is 17.7 Å². The number of ether oxygens (including phenoxy) is 1. The molecule has 0 saturated heterocycles. The van der Waals surface area contributed by atoms with Crippen LogP contribution in [0.1, 0.15) is 10.6 Å². The smallest absolute Gasteiger partial charge is 0.374 e. The minimum Gasteiger partial charge on any atom is -0.494 e. The highest BCUT2D eigenvalue weighted by Crippen LogP contribution is 2.30. The number of hydrogen-bond acceptors (Lipinski definition) is 4. The van der Waals surface area contributed by atoms with Gasteiger partial charge in [-0.1, -0.05) is 5.16 Å². The normalized spacial score (nSPS) is 10.4. The van der Waals surface area contributed by atoms with Crippen molar-refractivity contribution < 1.29 is 27.9 Å². The predicted octanol–water partition coefficient (Wildman–Crippen LogP) is 2.33. The van der Waals surface area contributed by atoms with E-state index in [1.807, 2.05) is 0 Å². The van der Waals surface area contributed by atoms with E-state index in [9.17, 15) is 13.6 Å². The van der Waals surface area contributed by atoms with E-state index in [1.54, 1.807) is 0 Å². The van der Waals surface area contributed by atoms with E-state index >= 15 is 0 Å². The third-order valence-corrected chi connectivity index (χ3v) is 2.22. The van der Waals surface area contributed by atoms with E-state index in [0.717, 1.165) is 18.2 Å². The number of carbonyl (C=O) groups is 1. The summed E-state index contributed by atoms with van der Waals surface area (Å²) in [6.07, 6.45) is 0. The van der Waals surface area contributed by atoms with Crippen LogP contribution in [0.3, 0.4) is 0 Å². The van der Waals surface area contributed by atoms with Crippen LogP contribution in [0.4, 0.5) is 8.78 Å². The van der Waals surface area contributed by atoms with Crippen molar-refractivity contribution in [2.75, 3.05) is 7.11 Å². The molecule has 0 aliphatic heterocycles. The van der Waals surface area contributed by atoms with Gasteiger partial charge in [-0.15, -0.1) is 0 Å². The van der Waals surface area contributed by atoms with Gasteiger partial charge in [0.1, 0.15) is 11.5 Å². The maximum Gasteiger partial charge on any atom is 0.374 e. The molecular weight excluding hydrogens is 248 g/mol. The summed E-state index contributed by atoms with van der Waals surface area (Å²) >= 11 is 0. The molecule has 0 atom stereocenters. The van der Waals surface area contributed by atoms with Gasteiger partial charge in [0.15, 0.2) is 11.6 Å². The summed E-state index contributed by atoms with van der Waals surface area (Å²) in [5.41, 5.74) is -0.356. The molecule has 7 heteroatoms. The van der Waals surface area contributed by atoms with Gasteiger partial charge in [-0.05, 0) is 6.07 Å². The summed E-state index contributed by atoms with van der Waals surface area (Å²) in [4.78, 5) is 10.6. The summed E-state index contributed by atoms with van der Waals surface area (Å²) in [7, 11) is 1.19. The Kier molecular flexibility index (Phi) is 2.97. The molecular formula is C11H7F2NO4. The fourth-order valence-electron chi connectivity index (χ4n) is 1.40. The Labute approximate surface area is 99.6 Å². The van der Waals surface area contributed by atoms with Gasteiger partial charge in [-0.3, -0.25) is 0 Å². The standard InChI is InChI=1S/C11H7F2NO4/c1-17-8-3-5(12)2-6(10(8)13)7-4-9(11(15)16)18-14-7/h2-4H,1H3,(H,15,16). The van der Waals surface area contributed by atoms with Crippen LogP contribution >= 0.6 is 0 Å². The van der Waals surface area contributed by atoms with Crippen LogP contribution in [0.5, 0.6) is 5.75 Å². The van der Waals surface area contributed by atoms with Gasteiger partial charge < -0.3 is 14.4 Å². The first kappa shape index (κ1) is 12.0. The van der Waals surface area contributed by atoms with Crippen molar-refractivity contribution >= 4 is 5.97 Å². The molecule has 1 aromatic carbocycles. The lowest BCUT2D eigenvalue weighted by atomic mass is 10.1. The maximum absolute atomic E-state index is 13.8. The van der Waals surface area contributed by atoms with Crippen molar-refractivity contribution in [2.24, 2.45) is 0 Å². The third-order valence-electron chi connectivity index (χ3n) is 2.22. The molecule has 0 aliphatic rings. The molecule has 1 heterocycles. The maximum atomic E-state index is 13.8. The number of methoxy groups -OCH3 is 1. The van der Waals surface area contributed by atoms with Gasteiger partial charge in [0.05, 0.1) is 7.11 Å². The number of aromatic carboxylic acids is 1. The Morgan fingerprint density at radius 1 is 1.39 bits per heavy atom. The van der Waals surface area contributed by atoms with E-state index in [2.05, 4.69) is 14.4 Å². The van der Waals surface area contributed by atoms with Crippen molar-refractivity contribution in [3.8, 4) is 17.0 Å². The molecule has 0 aliphatic carbocycles. The number of aromatic nitrogens is 1. The van der Waals surface area contributed by atoms with Crippen LogP contribution in [0, 0.1) is 11.6 Å². The van der Waals surface area contributed by atoms with E-state index in [4.69, 9.17) is 5.11 Å². The Hall–Kier alpha value is -2.44. The lowest BCUT2D eigenvalue weighted by Gasteiger charge is -2.05. The van der Waals surface area contributed by atoms with E-state index in [1.165, 1.54) is 7.11 Å². The number of halogens is 2. The highest BCUT2D eigenvalue weighted by Gasteiger charge is 2.18. The highest BCUT2D eigenvalue weighted by molar-refractivity contribution is 5.85. The quantitative estimate of drug-likeness (QED) is 0.911. The first-order valence-electron chi connectivity index (χ1n) is 4.76. The Morgan fingerprint density at radius 2 is 2.11 bits per heavy atom. The molecule has 1 N–H and O–H groups in total. The predicted molar refractivity (Wildman–Crippen MR) is 55.4 cm³/mol. The second-order valence-electron chi connectivity index (χ2n) is 3.35. The molecule has 0 unspecified atom stereocenters. The molecule has 94 valence electrons. The molecule has 0 fully saturated rings. The largest absolute Gasteiger partial charge is 0.494 e. The van der Waals surface area contributed by atoms with Crippen molar-refractivity contribution in [2.45, 2.75) is 0 Å². The van der Waals surface area contributed by atoms with Crippen LogP contribution in [0.25, 0.3) is 11.3 Å². The fourth-order valence-corrected chi connectivity index (χ4v) is 1.40. The zero-order chi connectivity index (χ0) is 13.3. The SMILES string of the molecule is COc1cc(F)cc(-c2cc(C(=O)O)on2)c1F. The summed E-state index contributed by atoms with van der Waals surface area (Å²) in [6, 6.07) is 2.75. The van der Waals surface area contributed by atoms with Crippen LogP contribution in [-0.2, 0) is 0 Å². The van der Waals surface area contributed by atoms with E-state index in [0.29, 0.717) is 0 Å². The summed E-state index contributed by atoms with van der Waals surface area (Å²) in [5, 5.41) is 12.0. The number of nitrogens with zero attached hydrogens (tertiary/aromatic N) is 1. The topological polar surface area (TPSA) is 72.6 Å². The third kappa shape index (κ3) is 2.02. The molecule has 0 bridgehead atoms. The lowest BCUT2D eigenvalue weighted by Crippen LogP contribution is -1.94. The zero-order valence-corrected chi connectivity index (χ0v) is 9.11. The van der Waals surface area contributed by atoms with Crippen LogP contribution in [0.15, 0.2) is 22.7 Å². The number of rotatable bonds is 3. The fraction of sp³-hybridized carbons (Fsp3) is 0.0909. The van der Waals surface area contributed by atoms with E-state index < -0.39 is 23.4 Å². The monoisotopic (exact) mass is 255 g/mol. The minimum atomic E-state index is -1.35. The van der Waals surface area contributed by atoms with Crippen molar-refractivity contribution in [3.05, 3.63) is 35.6 Å². The zero-order valence-electron chi connectivity index (χ0n) is 9.11. The van der Waals surface area contributed by atoms with Crippen LogP contribution in [-0.4, -0.2) is 23.3 Å². The van der Waals surface area contributed by atoms with Crippen LogP contribution in [0.2, 0.25) is 0 Å². The first-order valence-corrected chi connectivity index (χ1v) is 4.76. The Morgan fingerprint density at radius 3 is 2.67 bits per heavy atom. The van der Waals surface area contributed by atoms with Gasteiger partial charge in [0.2, 0.25) is 5.76 Å². The molecule has 18 heavy (non-hydrogen) atoms. The lowest BCUT2D eigenvalue weighted by molar-refractivity contribution is 0.0652. The molecule has 0 saturated carbocycles. The van der Waals surface area contributed by atoms with Gasteiger partial charge in [-0.25, -0.2) is 13.6 Å². The molecule has 2 rings (SSSR count). The summed E-state index contributed by atoms with van der Waals surface area (Å²) < 4.78 is 36.2. The number of hydrogen-bond donors (Lipinski definition) is 1. The second-order valence-corrected chi connectivity index (χ2v) is 3.35. The van der Waals surface area contributed by atoms with Gasteiger partial charge in [-0.2, -0.15) is 0 Å². The Balaban J connectivity index is 2.55. The average molecular weight is 255 g/mol. The average Bonchev–Trinajstić information content (AvgIpc) is 2.81. The highest BCUT2D eigenvalue weighted by atomic mass is 19.1. The molecule has 2 aromatic rings. The number of benzene rings is 1. The van der Waals surface area contributed by atoms with Crippen molar-refractivity contribution in [1.82, 2.24) is 5.16 Å². The van der Waals surface area contributed by atoms with Gasteiger partial charge in [0.25, 0.3) is 0 Å². The molecule has 5 nitrogen and oxygen atoms in total. The molecule has 1 aromatic heterocycles. The van der Waals surface area contributed by atoms with Crippen molar-refractivity contribution in [1.29, 1.82) is 0 Å². The van der Waals surface area contributed by atoms with Crippen LogP contribution < -0.4 is 4.74 Å². The summed E-state index contributed by atoms with van der Waals surface area (Å²) in [5.74, 6) is -3.69. The minimum absolute atomic E-state index is 0.122. The Bertz CT molecular complexity index is 609. The summed E-state index contributed by atoms with van der Waals surface area (Å²) in [6.45, 7) is 0. The van der Waals surface area contributed by atoms with Crippen molar-refractivity contribution in [3.63, 3.8) is 0 Å². The molecule has 0 amide bonds. The van der Waals surface area contributed by atoms with Gasteiger partial charge >= 0.3 is 5.97 Å². The second kappa shape index (κ2) is 4.44. The molecule has 0 radical (unpaired) electrons. The number of carboxylic acids is 1. The first-order chi connectivity index (χ1) is 8.52. The molecule has 0 spiro atoms. The van der Waals surface area contributed by atoms with E-state index in [-0.39, 0.29) is 17.0 Å². The number of carboxylic acid groups (broad SMARTS) is 1.